The van der Waals surface area contributed by atoms with Crippen molar-refractivity contribution in [1.29, 1.82) is 0 Å². The van der Waals surface area contributed by atoms with E-state index in [2.05, 4.69) is 10.1 Å². The van der Waals surface area contributed by atoms with Crippen LogP contribution in [0.3, 0.4) is 0 Å². The number of carbonyl (C=O) groups excluding carboxylic acids is 2. The first-order valence-electron chi connectivity index (χ1n) is 10.5. The van der Waals surface area contributed by atoms with Crippen molar-refractivity contribution in [3.05, 3.63) is 24.0 Å². The maximum absolute atomic E-state index is 14.6. The van der Waals surface area contributed by atoms with Gasteiger partial charge in [-0.3, -0.25) is 5.32 Å². The average Bonchev–Trinajstić information content (AvgIpc) is 2.99. The number of halogens is 1. The number of benzene rings is 1. The Morgan fingerprint density at radius 1 is 1.20 bits per heavy atom. The molecule has 3 saturated heterocycles. The molecule has 0 saturated carbocycles. The third kappa shape index (κ3) is 4.30. The third-order valence-electron chi connectivity index (χ3n) is 6.28. The molecule has 1 aromatic carbocycles. The Balaban J connectivity index is 1.38. The molecule has 164 valence electrons. The summed E-state index contributed by atoms with van der Waals surface area (Å²) in [5.41, 5.74) is 0.721. The Kier molecular flexibility index (Phi) is 5.99. The van der Waals surface area contributed by atoms with Crippen molar-refractivity contribution in [1.82, 2.24) is 4.90 Å². The van der Waals surface area contributed by atoms with Gasteiger partial charge in [0.1, 0.15) is 11.9 Å². The number of nitrogens with zero attached hydrogens (tertiary/aromatic N) is 2. The Hall–Kier alpha value is -2.55. The number of aliphatic hydroxyl groups excluding tert-OH is 1. The molecule has 9 heteroatoms. The highest BCUT2D eigenvalue weighted by molar-refractivity contribution is 5.84. The van der Waals surface area contributed by atoms with Crippen LogP contribution in [0.1, 0.15) is 38.5 Å². The molecule has 0 aromatic heterocycles. The molecule has 2 amide bonds. The normalized spacial score (nSPS) is 28.2. The van der Waals surface area contributed by atoms with Gasteiger partial charge >= 0.3 is 12.2 Å². The largest absolute Gasteiger partial charge is 0.453 e. The van der Waals surface area contributed by atoms with Crippen LogP contribution in [-0.4, -0.2) is 66.7 Å². The van der Waals surface area contributed by atoms with Gasteiger partial charge in [0.2, 0.25) is 0 Å². The molecule has 30 heavy (non-hydrogen) atoms. The van der Waals surface area contributed by atoms with Crippen LogP contribution < -0.4 is 10.2 Å². The maximum atomic E-state index is 14.6. The van der Waals surface area contributed by atoms with Gasteiger partial charge in [-0.1, -0.05) is 0 Å². The summed E-state index contributed by atoms with van der Waals surface area (Å²) < 4.78 is 25.0. The Bertz CT molecular complexity index is 793. The van der Waals surface area contributed by atoms with E-state index in [1.54, 1.807) is 17.0 Å². The zero-order chi connectivity index (χ0) is 21.3. The van der Waals surface area contributed by atoms with Gasteiger partial charge in [0.25, 0.3) is 0 Å². The number of aliphatic hydroxyl groups is 1. The molecule has 3 heterocycles. The van der Waals surface area contributed by atoms with Crippen LogP contribution in [0.25, 0.3) is 0 Å². The highest BCUT2D eigenvalue weighted by Crippen LogP contribution is 2.36. The molecule has 1 aromatic rings. The van der Waals surface area contributed by atoms with Crippen LogP contribution in [0, 0.1) is 5.82 Å². The third-order valence-corrected chi connectivity index (χ3v) is 6.28. The minimum Gasteiger partial charge on any atom is -0.453 e. The minimum atomic E-state index is -0.661. The van der Waals surface area contributed by atoms with E-state index in [1.165, 1.54) is 13.2 Å². The highest BCUT2D eigenvalue weighted by Gasteiger charge is 2.44. The van der Waals surface area contributed by atoms with E-state index in [0.29, 0.717) is 37.3 Å². The quantitative estimate of drug-likeness (QED) is 0.779. The van der Waals surface area contributed by atoms with Gasteiger partial charge in [-0.25, -0.2) is 14.0 Å². The molecule has 3 unspecified atom stereocenters. The van der Waals surface area contributed by atoms with Crippen LogP contribution in [0.4, 0.5) is 25.4 Å². The number of amides is 2. The van der Waals surface area contributed by atoms with Crippen molar-refractivity contribution < 1.29 is 28.6 Å². The molecule has 2 bridgehead atoms. The lowest BCUT2D eigenvalue weighted by atomic mass is 10.0. The molecule has 3 aliphatic heterocycles. The summed E-state index contributed by atoms with van der Waals surface area (Å²) in [5, 5.41) is 12.4. The van der Waals surface area contributed by atoms with Gasteiger partial charge in [0, 0.05) is 24.3 Å². The van der Waals surface area contributed by atoms with Crippen LogP contribution in [-0.2, 0) is 9.47 Å². The van der Waals surface area contributed by atoms with Crippen molar-refractivity contribution >= 4 is 23.6 Å². The fourth-order valence-corrected chi connectivity index (χ4v) is 4.91. The Morgan fingerprint density at radius 2 is 1.93 bits per heavy atom. The number of piperidine rings is 2. The van der Waals surface area contributed by atoms with Crippen LogP contribution in [0.2, 0.25) is 0 Å². The molecule has 0 spiro atoms. The van der Waals surface area contributed by atoms with E-state index in [9.17, 15) is 19.1 Å². The van der Waals surface area contributed by atoms with Crippen molar-refractivity contribution in [2.24, 2.45) is 0 Å². The number of carbonyl (C=O) groups is 2. The van der Waals surface area contributed by atoms with Gasteiger partial charge in [-0.05, 0) is 56.7 Å². The van der Waals surface area contributed by atoms with E-state index in [0.717, 1.165) is 25.7 Å². The molecule has 3 aliphatic rings. The van der Waals surface area contributed by atoms with Gasteiger partial charge < -0.3 is 24.4 Å². The number of ether oxygens (including phenoxy) is 2. The molecule has 0 aliphatic carbocycles. The van der Waals surface area contributed by atoms with Gasteiger partial charge in [0.05, 0.1) is 25.4 Å². The average molecular weight is 421 g/mol. The van der Waals surface area contributed by atoms with Crippen molar-refractivity contribution in [2.45, 2.75) is 62.8 Å². The smallest absolute Gasteiger partial charge is 0.411 e. The van der Waals surface area contributed by atoms with E-state index in [-0.39, 0.29) is 30.4 Å². The Labute approximate surface area is 174 Å². The lowest BCUT2D eigenvalue weighted by molar-refractivity contribution is 0.00640. The van der Waals surface area contributed by atoms with Crippen molar-refractivity contribution in [3.8, 4) is 0 Å². The number of rotatable bonds is 3. The molecule has 2 N–H and O–H groups in total. The fraction of sp³-hybridized carbons (Fsp3) is 0.619. The summed E-state index contributed by atoms with van der Waals surface area (Å²) in [6.07, 6.45) is 2.92. The maximum Gasteiger partial charge on any atom is 0.411 e. The van der Waals surface area contributed by atoms with Gasteiger partial charge in [-0.15, -0.1) is 0 Å². The minimum absolute atomic E-state index is 0.0539. The Morgan fingerprint density at radius 3 is 2.60 bits per heavy atom. The first-order chi connectivity index (χ1) is 14.4. The summed E-state index contributed by atoms with van der Waals surface area (Å²) in [4.78, 5) is 27.8. The number of hydrogen-bond donors (Lipinski definition) is 2. The van der Waals surface area contributed by atoms with Crippen molar-refractivity contribution in [3.63, 3.8) is 0 Å². The van der Waals surface area contributed by atoms with Gasteiger partial charge in [-0.2, -0.15) is 0 Å². The van der Waals surface area contributed by atoms with E-state index in [1.807, 2.05) is 4.90 Å². The summed E-state index contributed by atoms with van der Waals surface area (Å²) in [7, 11) is 1.24. The summed E-state index contributed by atoms with van der Waals surface area (Å²) in [6.45, 7) is 1.08. The summed E-state index contributed by atoms with van der Waals surface area (Å²) >= 11 is 0. The monoisotopic (exact) mass is 421 g/mol. The van der Waals surface area contributed by atoms with Crippen LogP contribution in [0.15, 0.2) is 18.2 Å². The number of methoxy groups -OCH3 is 1. The second-order valence-electron chi connectivity index (χ2n) is 8.29. The van der Waals surface area contributed by atoms with E-state index < -0.39 is 11.9 Å². The summed E-state index contributed by atoms with van der Waals surface area (Å²) in [6, 6.07) is 4.58. The molecule has 0 radical (unpaired) electrons. The second-order valence-corrected chi connectivity index (χ2v) is 8.29. The molecule has 8 nitrogen and oxygen atoms in total. The topological polar surface area (TPSA) is 91.3 Å². The first kappa shape index (κ1) is 20.7. The standard InChI is InChI=1S/C21H28FN3O5/c1-29-20(27)23-13-4-7-19(18(22)9-13)24-8-2-3-17(12-24)30-21(28)25-14-5-6-15(25)11-16(26)10-14/h4,7,9,14-17,26H,2-3,5-6,8,10-12H2,1H3,(H,23,27). The molecule has 3 atom stereocenters. The number of fused-ring (bicyclic) bond motifs is 2. The fourth-order valence-electron chi connectivity index (χ4n) is 4.91. The number of nitrogens with one attached hydrogen (secondary N) is 1. The predicted molar refractivity (Wildman–Crippen MR) is 108 cm³/mol. The lowest BCUT2D eigenvalue weighted by Gasteiger charge is -2.39. The molecular formula is C21H28FN3O5. The molecule has 3 fully saturated rings. The predicted octanol–water partition coefficient (Wildman–Crippen LogP) is 3.10. The van der Waals surface area contributed by atoms with E-state index >= 15 is 0 Å². The number of hydrogen-bond acceptors (Lipinski definition) is 6. The van der Waals surface area contributed by atoms with Gasteiger partial charge in [0.15, 0.2) is 0 Å². The zero-order valence-electron chi connectivity index (χ0n) is 17.1. The lowest BCUT2D eigenvalue weighted by Crippen LogP contribution is -2.50. The first-order valence-corrected chi connectivity index (χ1v) is 10.5. The summed E-state index contributed by atoms with van der Waals surface area (Å²) in [5.74, 6) is -0.459. The zero-order valence-corrected chi connectivity index (χ0v) is 17.1. The van der Waals surface area contributed by atoms with Crippen LogP contribution >= 0.6 is 0 Å². The van der Waals surface area contributed by atoms with Crippen LogP contribution in [0.5, 0.6) is 0 Å². The highest BCUT2D eigenvalue weighted by atomic mass is 19.1. The second kappa shape index (κ2) is 8.67. The van der Waals surface area contributed by atoms with Crippen molar-refractivity contribution in [2.75, 3.05) is 30.4 Å². The number of anilines is 2. The molecular weight excluding hydrogens is 393 g/mol. The van der Waals surface area contributed by atoms with E-state index in [4.69, 9.17) is 4.74 Å². The molecule has 4 rings (SSSR count). The SMILES string of the molecule is COC(=O)Nc1ccc(N2CCCC(OC(=O)N3C4CCC3CC(O)C4)C2)c(F)c1.